The van der Waals surface area contributed by atoms with Gasteiger partial charge in [-0.05, 0) is 64.9 Å². The summed E-state index contributed by atoms with van der Waals surface area (Å²) in [5, 5.41) is 23.1. The molecular weight excluding hydrogens is 566 g/mol. The Balaban J connectivity index is 1.96. The third-order valence-corrected chi connectivity index (χ3v) is 6.66. The van der Waals surface area contributed by atoms with Crippen LogP contribution in [-0.2, 0) is 16.1 Å². The molecule has 3 rings (SSSR count). The Bertz CT molecular complexity index is 1050. The van der Waals surface area contributed by atoms with Crippen LogP contribution in [0.4, 0.5) is 4.39 Å². The number of rotatable bonds is 10. The van der Waals surface area contributed by atoms with Crippen LogP contribution in [0.25, 0.3) is 0 Å². The Morgan fingerprint density at radius 2 is 1.91 bits per heavy atom. The number of aliphatic hydroxyl groups excluding tert-OH is 2. The van der Waals surface area contributed by atoms with E-state index in [9.17, 15) is 19.1 Å². The number of hydrogen-bond acceptors (Lipinski definition) is 5. The van der Waals surface area contributed by atoms with Gasteiger partial charge in [0, 0.05) is 31.5 Å². The summed E-state index contributed by atoms with van der Waals surface area (Å²) in [6.45, 7) is 1.92. The average Bonchev–Trinajstić information content (AvgIpc) is 2.85. The van der Waals surface area contributed by atoms with Crippen molar-refractivity contribution in [2.24, 2.45) is 0 Å². The normalized spacial score (nSPS) is 19.6. The Morgan fingerprint density at radius 1 is 1.20 bits per heavy atom. The van der Waals surface area contributed by atoms with Gasteiger partial charge in [-0.15, -0.1) is 0 Å². The summed E-state index contributed by atoms with van der Waals surface area (Å²) < 4.78 is 20.4. The number of hydrogen-bond donors (Lipinski definition) is 3. The number of nitrogens with zero attached hydrogens (tertiary/aromatic N) is 1. The monoisotopic (exact) mass is 596 g/mol. The molecule has 0 heterocycles. The molecule has 2 aromatic carbocycles. The van der Waals surface area contributed by atoms with Crippen LogP contribution in [0, 0.1) is 9.39 Å². The third-order valence-electron chi connectivity index (χ3n) is 5.76. The van der Waals surface area contributed by atoms with E-state index in [1.165, 1.54) is 12.1 Å². The number of nitrogens with one attached hydrogen (secondary N) is 1. The summed E-state index contributed by atoms with van der Waals surface area (Å²) in [6.07, 6.45) is 0.579. The Hall–Kier alpha value is -2.50. The maximum Gasteiger partial charge on any atom is 0.247 e. The van der Waals surface area contributed by atoms with Gasteiger partial charge in [0.25, 0.3) is 0 Å². The van der Waals surface area contributed by atoms with Crippen molar-refractivity contribution >= 4 is 34.4 Å². The maximum atomic E-state index is 13.4. The van der Waals surface area contributed by atoms with E-state index in [0.717, 1.165) is 3.57 Å². The first-order valence-corrected chi connectivity index (χ1v) is 12.6. The molecule has 9 heteroatoms. The van der Waals surface area contributed by atoms with Gasteiger partial charge in [0.05, 0.1) is 16.2 Å². The van der Waals surface area contributed by atoms with Gasteiger partial charge in [0.2, 0.25) is 11.8 Å². The van der Waals surface area contributed by atoms with Crippen molar-refractivity contribution < 1.29 is 28.9 Å². The molecule has 188 valence electrons. The number of carbonyl (C=O) groups is 2. The fraction of sp³-hybridized carbons (Fsp3) is 0.385. The molecule has 0 bridgehead atoms. The largest absolute Gasteiger partial charge is 0.482 e. The second-order valence-electron chi connectivity index (χ2n) is 8.34. The number of para-hydroxylation sites is 1. The highest BCUT2D eigenvalue weighted by molar-refractivity contribution is 14.1. The van der Waals surface area contributed by atoms with Crippen molar-refractivity contribution in [2.45, 2.75) is 51.0 Å². The quantitative estimate of drug-likeness (QED) is 0.366. The van der Waals surface area contributed by atoms with Crippen molar-refractivity contribution in [3.05, 3.63) is 75.1 Å². The highest BCUT2D eigenvalue weighted by Crippen LogP contribution is 2.30. The predicted molar refractivity (Wildman–Crippen MR) is 138 cm³/mol. The SMILES string of the molecule is CCCC(=O)N(Cc1ccc(F)cc1)[C@@H]1CC(C(=O)NCCO)=C[C@H](Oc2ccccc2I)[C@H]1O. The molecule has 3 atom stereocenters. The Labute approximate surface area is 218 Å². The van der Waals surface area contributed by atoms with Crippen LogP contribution in [0.2, 0.25) is 0 Å². The molecule has 0 unspecified atom stereocenters. The molecule has 0 aromatic heterocycles. The Kier molecular flexibility index (Phi) is 10.1. The van der Waals surface area contributed by atoms with E-state index >= 15 is 0 Å². The lowest BCUT2D eigenvalue weighted by atomic mass is 9.87. The van der Waals surface area contributed by atoms with E-state index in [1.54, 1.807) is 29.2 Å². The zero-order valence-electron chi connectivity index (χ0n) is 19.5. The van der Waals surface area contributed by atoms with Gasteiger partial charge in [-0.2, -0.15) is 0 Å². The lowest BCUT2D eigenvalue weighted by Gasteiger charge is -2.40. The highest BCUT2D eigenvalue weighted by atomic mass is 127. The first-order valence-electron chi connectivity index (χ1n) is 11.6. The first kappa shape index (κ1) is 27.1. The lowest BCUT2D eigenvalue weighted by molar-refractivity contribution is -0.139. The molecule has 1 aliphatic carbocycles. The summed E-state index contributed by atoms with van der Waals surface area (Å²) in [6, 6.07) is 12.4. The molecule has 2 amide bonds. The van der Waals surface area contributed by atoms with Gasteiger partial charge >= 0.3 is 0 Å². The molecule has 35 heavy (non-hydrogen) atoms. The van der Waals surface area contributed by atoms with Gasteiger partial charge < -0.3 is 25.2 Å². The zero-order valence-corrected chi connectivity index (χ0v) is 21.7. The predicted octanol–water partition coefficient (Wildman–Crippen LogP) is 3.17. The second-order valence-corrected chi connectivity index (χ2v) is 9.51. The summed E-state index contributed by atoms with van der Waals surface area (Å²) >= 11 is 2.13. The van der Waals surface area contributed by atoms with E-state index in [-0.39, 0.29) is 44.3 Å². The summed E-state index contributed by atoms with van der Waals surface area (Å²) in [7, 11) is 0. The smallest absolute Gasteiger partial charge is 0.247 e. The van der Waals surface area contributed by atoms with Gasteiger partial charge in [0.1, 0.15) is 23.8 Å². The molecule has 0 radical (unpaired) electrons. The van der Waals surface area contributed by atoms with Crippen molar-refractivity contribution in [3.8, 4) is 5.75 Å². The highest BCUT2D eigenvalue weighted by Gasteiger charge is 2.40. The van der Waals surface area contributed by atoms with Gasteiger partial charge in [-0.25, -0.2) is 4.39 Å². The van der Waals surface area contributed by atoms with Crippen molar-refractivity contribution in [1.82, 2.24) is 10.2 Å². The minimum Gasteiger partial charge on any atom is -0.482 e. The van der Waals surface area contributed by atoms with Crippen LogP contribution in [0.1, 0.15) is 31.7 Å². The maximum absolute atomic E-state index is 13.4. The van der Waals surface area contributed by atoms with Crippen molar-refractivity contribution in [3.63, 3.8) is 0 Å². The van der Waals surface area contributed by atoms with Gasteiger partial charge in [-0.3, -0.25) is 9.59 Å². The van der Waals surface area contributed by atoms with Crippen LogP contribution >= 0.6 is 22.6 Å². The number of benzene rings is 2. The van der Waals surface area contributed by atoms with Gasteiger partial charge in [0.15, 0.2) is 0 Å². The van der Waals surface area contributed by atoms with Crippen molar-refractivity contribution in [2.75, 3.05) is 13.2 Å². The molecular formula is C26H30FIN2O5. The third kappa shape index (κ3) is 7.25. The summed E-state index contributed by atoms with van der Waals surface area (Å²) in [5.74, 6) is -0.397. The molecule has 2 aromatic rings. The standard InChI is InChI=1S/C26H30FIN2O5/c1-2-5-24(32)30(16-17-8-10-19(27)11-9-17)21-14-18(26(34)29-12-13-31)15-23(25(21)33)35-22-7-4-3-6-20(22)28/h3-4,6-11,15,21,23,25,31,33H,2,5,12-14,16H2,1H3,(H,29,34)/t21-,23+,25+/m1/s1. The number of carbonyl (C=O) groups excluding carboxylic acids is 2. The summed E-state index contributed by atoms with van der Waals surface area (Å²) in [5.41, 5.74) is 1.07. The fourth-order valence-corrected chi connectivity index (χ4v) is 4.52. The molecule has 0 saturated carbocycles. The number of ether oxygens (including phenoxy) is 1. The zero-order chi connectivity index (χ0) is 25.4. The molecule has 0 aliphatic heterocycles. The van der Waals surface area contributed by atoms with E-state index in [2.05, 4.69) is 27.9 Å². The lowest BCUT2D eigenvalue weighted by Crippen LogP contribution is -2.54. The van der Waals surface area contributed by atoms with E-state index < -0.39 is 24.2 Å². The van der Waals surface area contributed by atoms with Crippen LogP contribution in [0.5, 0.6) is 5.75 Å². The van der Waals surface area contributed by atoms with E-state index in [1.807, 2.05) is 25.1 Å². The van der Waals surface area contributed by atoms with Crippen LogP contribution in [0.15, 0.2) is 60.2 Å². The van der Waals surface area contributed by atoms with Crippen LogP contribution in [-0.4, -0.2) is 58.3 Å². The molecule has 7 nitrogen and oxygen atoms in total. The first-order chi connectivity index (χ1) is 16.8. The van der Waals surface area contributed by atoms with E-state index in [4.69, 9.17) is 9.84 Å². The minimum absolute atomic E-state index is 0.0829. The number of aliphatic hydroxyl groups is 2. The number of amides is 2. The minimum atomic E-state index is -1.11. The average molecular weight is 596 g/mol. The topological polar surface area (TPSA) is 99.1 Å². The molecule has 0 spiro atoms. The second kappa shape index (κ2) is 13.0. The van der Waals surface area contributed by atoms with E-state index in [0.29, 0.717) is 23.3 Å². The fourth-order valence-electron chi connectivity index (χ4n) is 4.00. The molecule has 0 saturated heterocycles. The number of halogens is 2. The Morgan fingerprint density at radius 3 is 2.57 bits per heavy atom. The van der Waals surface area contributed by atoms with Gasteiger partial charge in [-0.1, -0.05) is 31.2 Å². The van der Waals surface area contributed by atoms with Crippen molar-refractivity contribution in [1.29, 1.82) is 0 Å². The molecule has 0 fully saturated rings. The van der Waals surface area contributed by atoms with Crippen LogP contribution in [0.3, 0.4) is 0 Å². The summed E-state index contributed by atoms with van der Waals surface area (Å²) in [4.78, 5) is 27.5. The molecule has 1 aliphatic rings. The van der Waals surface area contributed by atoms with Crippen LogP contribution < -0.4 is 10.1 Å². The molecule has 3 N–H and O–H groups in total.